The molecule has 0 spiro atoms. The third kappa shape index (κ3) is 1.79. The molecule has 1 aliphatic rings. The van der Waals surface area contributed by atoms with Crippen molar-refractivity contribution in [3.05, 3.63) is 40.0 Å². The summed E-state index contributed by atoms with van der Waals surface area (Å²) in [5.74, 6) is 1.00. The Balaban J connectivity index is 2.19. The first-order chi connectivity index (χ1) is 8.66. The van der Waals surface area contributed by atoms with Crippen LogP contribution in [0.25, 0.3) is 16.5 Å². The number of ketones is 1. The number of hydrogen-bond donors (Lipinski definition) is 1. The van der Waals surface area contributed by atoms with Gasteiger partial charge in [0.25, 0.3) is 0 Å². The molecule has 18 heavy (non-hydrogen) atoms. The van der Waals surface area contributed by atoms with Gasteiger partial charge >= 0.3 is 0 Å². The molecule has 3 nitrogen and oxygen atoms in total. The molecule has 2 aromatic heterocycles. The molecule has 0 bridgehead atoms. The number of carbonyl (C=O) groups is 1. The van der Waals surface area contributed by atoms with Crippen molar-refractivity contribution >= 4 is 40.6 Å². The number of carbonyl (C=O) groups excluding carboxylic acids is 1. The van der Waals surface area contributed by atoms with Crippen LogP contribution in [-0.2, 0) is 0 Å². The quantitative estimate of drug-likeness (QED) is 0.858. The van der Waals surface area contributed by atoms with Gasteiger partial charge in [0.1, 0.15) is 0 Å². The average molecular weight is 278 g/mol. The van der Waals surface area contributed by atoms with Crippen molar-refractivity contribution in [1.82, 2.24) is 4.98 Å². The molecule has 5 heteroatoms. The zero-order valence-corrected chi connectivity index (χ0v) is 11.2. The van der Waals surface area contributed by atoms with Crippen LogP contribution in [0.2, 0.25) is 5.02 Å². The smallest absolute Gasteiger partial charge is 0.237 e. The van der Waals surface area contributed by atoms with Gasteiger partial charge in [-0.25, -0.2) is 4.98 Å². The van der Waals surface area contributed by atoms with Crippen LogP contribution in [0, 0.1) is 0 Å². The lowest BCUT2D eigenvalue weighted by Gasteiger charge is -2.04. The Morgan fingerprint density at radius 3 is 3.00 bits per heavy atom. The first kappa shape index (κ1) is 11.6. The number of hydrogen-bond acceptors (Lipinski definition) is 3. The number of rotatable bonds is 2. The van der Waals surface area contributed by atoms with Gasteiger partial charge in [-0.1, -0.05) is 11.6 Å². The number of pyridine rings is 1. The number of thiophene rings is 1. The molecule has 2 aromatic rings. The second kappa shape index (κ2) is 4.31. The predicted molar refractivity (Wildman–Crippen MR) is 73.2 cm³/mol. The molecule has 0 atom stereocenters. The topological polar surface area (TPSA) is 46.6 Å². The fourth-order valence-corrected chi connectivity index (χ4v) is 3.25. The van der Waals surface area contributed by atoms with Gasteiger partial charge in [0.15, 0.2) is 5.78 Å². The summed E-state index contributed by atoms with van der Waals surface area (Å²) in [6.45, 7) is 1.57. The van der Waals surface area contributed by atoms with Crippen LogP contribution in [0.4, 0.5) is 5.82 Å². The van der Waals surface area contributed by atoms with Crippen molar-refractivity contribution in [2.24, 2.45) is 0 Å². The molecule has 3 rings (SSSR count). The minimum atomic E-state index is 0.0789. The van der Waals surface area contributed by atoms with Crippen molar-refractivity contribution in [2.45, 2.75) is 6.92 Å². The minimum absolute atomic E-state index is 0.0789. The number of aromatic nitrogens is 1. The standard InChI is InChI=1S/C13H9ClN2OS/c1-7(17)10-2-3-11(18-10)12-8-4-5-15-13(8)16-6-9(12)14/h2-6H,1H3,(H,15,16)/p+1. The highest BCUT2D eigenvalue weighted by molar-refractivity contribution is 7.17. The van der Waals surface area contributed by atoms with Crippen LogP contribution >= 0.6 is 22.9 Å². The molecule has 2 N–H and O–H groups in total. The zero-order valence-electron chi connectivity index (χ0n) is 9.61. The molecule has 90 valence electrons. The summed E-state index contributed by atoms with van der Waals surface area (Å²) in [5, 5.41) is 2.57. The van der Waals surface area contributed by atoms with Crippen molar-refractivity contribution in [1.29, 1.82) is 0 Å². The molecule has 1 aliphatic heterocycles. The summed E-state index contributed by atoms with van der Waals surface area (Å²) < 4.78 is 0. The van der Waals surface area contributed by atoms with Gasteiger partial charge in [-0.15, -0.1) is 11.3 Å². The molecule has 0 aliphatic carbocycles. The monoisotopic (exact) mass is 277 g/mol. The lowest BCUT2D eigenvalue weighted by molar-refractivity contribution is -0.495. The summed E-state index contributed by atoms with van der Waals surface area (Å²) in [7, 11) is 0. The van der Waals surface area contributed by atoms with E-state index < -0.39 is 0 Å². The first-order valence-corrected chi connectivity index (χ1v) is 6.67. The van der Waals surface area contributed by atoms with Crippen LogP contribution in [0.15, 0.2) is 24.5 Å². The zero-order chi connectivity index (χ0) is 12.7. The van der Waals surface area contributed by atoms with Gasteiger partial charge in [0.2, 0.25) is 5.82 Å². The Morgan fingerprint density at radius 2 is 2.28 bits per heavy atom. The molecule has 0 fully saturated rings. The minimum Gasteiger partial charge on any atom is -0.294 e. The molecule has 3 heterocycles. The maximum absolute atomic E-state index is 11.4. The SMILES string of the molecule is CC(=O)c1ccc(-c2c(Cl)cnc3c2C=C[NH2+]3)s1. The fraction of sp³-hybridized carbons (Fsp3) is 0.0769. The van der Waals surface area contributed by atoms with E-state index in [0.29, 0.717) is 5.02 Å². The Labute approximate surface area is 113 Å². The maximum atomic E-state index is 11.4. The average Bonchev–Trinajstić information content (AvgIpc) is 2.95. The second-order valence-corrected chi connectivity index (χ2v) is 5.52. The van der Waals surface area contributed by atoms with Gasteiger partial charge in [0.05, 0.1) is 27.9 Å². The van der Waals surface area contributed by atoms with Crippen molar-refractivity contribution in [3.8, 4) is 10.4 Å². The van der Waals surface area contributed by atoms with Crippen LogP contribution < -0.4 is 5.32 Å². The molecule has 0 unspecified atom stereocenters. The number of nitrogens with zero attached hydrogens (tertiary/aromatic N) is 1. The number of quaternary nitrogens is 1. The van der Waals surface area contributed by atoms with Gasteiger partial charge < -0.3 is 0 Å². The van der Waals surface area contributed by atoms with E-state index >= 15 is 0 Å². The number of Topliss-reactive ketones (excluding diaryl/α,β-unsaturated/α-hetero) is 1. The van der Waals surface area contributed by atoms with Crippen molar-refractivity contribution in [2.75, 3.05) is 0 Å². The van der Waals surface area contributed by atoms with Gasteiger partial charge in [-0.2, -0.15) is 0 Å². The maximum Gasteiger partial charge on any atom is 0.237 e. The largest absolute Gasteiger partial charge is 0.294 e. The lowest BCUT2D eigenvalue weighted by Crippen LogP contribution is -2.70. The van der Waals surface area contributed by atoms with Crippen molar-refractivity contribution in [3.63, 3.8) is 0 Å². The highest BCUT2D eigenvalue weighted by Gasteiger charge is 2.21. The van der Waals surface area contributed by atoms with E-state index in [-0.39, 0.29) is 5.78 Å². The van der Waals surface area contributed by atoms with E-state index in [1.54, 1.807) is 13.1 Å². The van der Waals surface area contributed by atoms with Gasteiger partial charge in [-0.3, -0.25) is 10.1 Å². The Hall–Kier alpha value is -1.49. The number of nitrogens with two attached hydrogens (primary N) is 1. The van der Waals surface area contributed by atoms with Gasteiger partial charge in [-0.05, 0) is 19.1 Å². The molecular weight excluding hydrogens is 268 g/mol. The normalized spacial score (nSPS) is 12.8. The van der Waals surface area contributed by atoms with E-state index in [0.717, 1.165) is 26.7 Å². The summed E-state index contributed by atoms with van der Waals surface area (Å²) >= 11 is 7.71. The highest BCUT2D eigenvalue weighted by Crippen LogP contribution is 2.38. The van der Waals surface area contributed by atoms with Crippen LogP contribution in [0.1, 0.15) is 22.2 Å². The van der Waals surface area contributed by atoms with E-state index in [4.69, 9.17) is 11.6 Å². The van der Waals surface area contributed by atoms with Crippen LogP contribution in [-0.4, -0.2) is 10.8 Å². The lowest BCUT2D eigenvalue weighted by atomic mass is 10.1. The van der Waals surface area contributed by atoms with E-state index in [1.807, 2.05) is 29.7 Å². The molecule has 0 amide bonds. The molecule has 0 radical (unpaired) electrons. The summed E-state index contributed by atoms with van der Waals surface area (Å²) in [5.41, 5.74) is 1.99. The summed E-state index contributed by atoms with van der Waals surface area (Å²) in [6.07, 6.45) is 5.61. The number of fused-ring (bicyclic) bond motifs is 1. The van der Waals surface area contributed by atoms with Crippen LogP contribution in [0.5, 0.6) is 0 Å². The fourth-order valence-electron chi connectivity index (χ4n) is 1.97. The van der Waals surface area contributed by atoms with Crippen LogP contribution in [0.3, 0.4) is 0 Å². The third-order valence-corrected chi connectivity index (χ3v) is 4.31. The Morgan fingerprint density at radius 1 is 1.44 bits per heavy atom. The Bertz CT molecular complexity index is 676. The predicted octanol–water partition coefficient (Wildman–Crippen LogP) is 2.85. The molecular formula is C13H10ClN2OS+. The highest BCUT2D eigenvalue weighted by atomic mass is 35.5. The first-order valence-electron chi connectivity index (χ1n) is 5.48. The summed E-state index contributed by atoms with van der Waals surface area (Å²) in [4.78, 5) is 17.4. The molecule has 0 saturated carbocycles. The number of halogens is 1. The van der Waals surface area contributed by atoms with E-state index in [1.165, 1.54) is 11.3 Å². The summed E-state index contributed by atoms with van der Waals surface area (Å²) in [6, 6.07) is 3.78. The second-order valence-electron chi connectivity index (χ2n) is 4.03. The molecule has 0 aromatic carbocycles. The third-order valence-electron chi connectivity index (χ3n) is 2.82. The molecule has 0 saturated heterocycles. The van der Waals surface area contributed by atoms with E-state index in [9.17, 15) is 4.79 Å². The Kier molecular flexibility index (Phi) is 2.78. The van der Waals surface area contributed by atoms with E-state index in [2.05, 4.69) is 4.98 Å². The van der Waals surface area contributed by atoms with Gasteiger partial charge in [0, 0.05) is 16.5 Å². The van der Waals surface area contributed by atoms with Crippen molar-refractivity contribution < 1.29 is 10.1 Å².